The van der Waals surface area contributed by atoms with Crippen LogP contribution in [0.5, 0.6) is 0 Å². The van der Waals surface area contributed by atoms with Crippen molar-refractivity contribution in [3.8, 4) is 0 Å². The predicted octanol–water partition coefficient (Wildman–Crippen LogP) is 1.79. The molecule has 3 N–H and O–H groups in total. The number of benzene rings is 1. The highest BCUT2D eigenvalue weighted by molar-refractivity contribution is 5.76. The van der Waals surface area contributed by atoms with E-state index in [0.717, 1.165) is 5.56 Å². The molecule has 4 nitrogen and oxygen atoms in total. The molecule has 4 heteroatoms. The fourth-order valence-electron chi connectivity index (χ4n) is 1.74. The molecule has 1 atom stereocenters. The molecule has 1 aromatic rings. The standard InChI is InChI=1S/C14H23N3O/c1-10(2)11-5-7-12(8-6-11)13(15)9-14(18)16-17(3)4/h5-8,10,13H,9,15H2,1-4H3,(H,16,18). The summed E-state index contributed by atoms with van der Waals surface area (Å²) in [7, 11) is 3.56. The first-order valence-electron chi connectivity index (χ1n) is 6.22. The van der Waals surface area contributed by atoms with Crippen LogP contribution in [0.1, 0.15) is 43.4 Å². The van der Waals surface area contributed by atoms with Gasteiger partial charge in [0.1, 0.15) is 0 Å². The largest absolute Gasteiger partial charge is 0.324 e. The van der Waals surface area contributed by atoms with Crippen LogP contribution in [0, 0.1) is 0 Å². The van der Waals surface area contributed by atoms with Crippen LogP contribution < -0.4 is 11.2 Å². The fourth-order valence-corrected chi connectivity index (χ4v) is 1.74. The van der Waals surface area contributed by atoms with E-state index < -0.39 is 0 Å². The number of hydrogen-bond acceptors (Lipinski definition) is 3. The van der Waals surface area contributed by atoms with Gasteiger partial charge in [0.05, 0.1) is 0 Å². The third kappa shape index (κ3) is 4.47. The van der Waals surface area contributed by atoms with E-state index in [1.165, 1.54) is 5.56 Å². The molecule has 0 aromatic heterocycles. The smallest absolute Gasteiger partial charge is 0.236 e. The van der Waals surface area contributed by atoms with Crippen molar-refractivity contribution in [3.05, 3.63) is 35.4 Å². The van der Waals surface area contributed by atoms with Crippen LogP contribution in [0.2, 0.25) is 0 Å². The van der Waals surface area contributed by atoms with Gasteiger partial charge in [0.15, 0.2) is 0 Å². The number of rotatable bonds is 5. The molecule has 0 saturated carbocycles. The van der Waals surface area contributed by atoms with Crippen molar-refractivity contribution < 1.29 is 4.79 Å². The normalized spacial score (nSPS) is 12.8. The van der Waals surface area contributed by atoms with Gasteiger partial charge in [0.25, 0.3) is 0 Å². The first-order chi connectivity index (χ1) is 8.40. The molecule has 0 radical (unpaired) electrons. The molecule has 0 aliphatic heterocycles. The molecule has 0 heterocycles. The number of nitrogens with zero attached hydrogens (tertiary/aromatic N) is 1. The number of carbonyl (C=O) groups excluding carboxylic acids is 1. The number of hydrogen-bond donors (Lipinski definition) is 2. The Morgan fingerprint density at radius 2 is 1.72 bits per heavy atom. The topological polar surface area (TPSA) is 58.4 Å². The quantitative estimate of drug-likeness (QED) is 0.782. The summed E-state index contributed by atoms with van der Waals surface area (Å²) in [5, 5.41) is 1.62. The van der Waals surface area contributed by atoms with Gasteiger partial charge < -0.3 is 5.73 Å². The van der Waals surface area contributed by atoms with Crippen molar-refractivity contribution in [2.24, 2.45) is 5.73 Å². The molecule has 1 amide bonds. The SMILES string of the molecule is CC(C)c1ccc(C(N)CC(=O)NN(C)C)cc1. The number of hydrazine groups is 1. The van der Waals surface area contributed by atoms with E-state index in [1.54, 1.807) is 19.1 Å². The molecule has 0 aliphatic rings. The highest BCUT2D eigenvalue weighted by Gasteiger charge is 2.12. The fraction of sp³-hybridized carbons (Fsp3) is 0.500. The Balaban J connectivity index is 2.61. The van der Waals surface area contributed by atoms with Crippen molar-refractivity contribution in [2.45, 2.75) is 32.2 Å². The van der Waals surface area contributed by atoms with E-state index in [1.807, 2.05) is 12.1 Å². The van der Waals surface area contributed by atoms with E-state index in [9.17, 15) is 4.79 Å². The summed E-state index contributed by atoms with van der Waals surface area (Å²) in [6, 6.07) is 7.89. The predicted molar refractivity (Wildman–Crippen MR) is 73.9 cm³/mol. The molecule has 0 fully saturated rings. The maximum atomic E-state index is 11.6. The molecule has 0 saturated heterocycles. The van der Waals surface area contributed by atoms with Crippen LogP contribution in [-0.2, 0) is 4.79 Å². The second-order valence-corrected chi connectivity index (χ2v) is 5.06. The number of carbonyl (C=O) groups is 1. The minimum absolute atomic E-state index is 0.0690. The van der Waals surface area contributed by atoms with Crippen LogP contribution in [0.4, 0.5) is 0 Å². The highest BCUT2D eigenvalue weighted by atomic mass is 16.2. The molecule has 0 spiro atoms. The molecule has 100 valence electrons. The molecular weight excluding hydrogens is 226 g/mol. The van der Waals surface area contributed by atoms with Crippen molar-refractivity contribution in [3.63, 3.8) is 0 Å². The van der Waals surface area contributed by atoms with Gasteiger partial charge in [-0.2, -0.15) is 0 Å². The number of nitrogens with one attached hydrogen (secondary N) is 1. The zero-order chi connectivity index (χ0) is 13.7. The van der Waals surface area contributed by atoms with Crippen LogP contribution in [0.25, 0.3) is 0 Å². The summed E-state index contributed by atoms with van der Waals surface area (Å²) in [5.41, 5.74) is 11.0. The number of nitrogens with two attached hydrogens (primary N) is 1. The van der Waals surface area contributed by atoms with Gasteiger partial charge in [-0.25, -0.2) is 5.01 Å². The Hall–Kier alpha value is -1.39. The molecule has 0 bridgehead atoms. The van der Waals surface area contributed by atoms with E-state index in [-0.39, 0.29) is 11.9 Å². The average molecular weight is 249 g/mol. The lowest BCUT2D eigenvalue weighted by molar-refractivity contribution is -0.125. The van der Waals surface area contributed by atoms with Crippen molar-refractivity contribution >= 4 is 5.91 Å². The lowest BCUT2D eigenvalue weighted by Gasteiger charge is -2.16. The summed E-state index contributed by atoms with van der Waals surface area (Å²) >= 11 is 0. The Morgan fingerprint density at radius 1 is 1.22 bits per heavy atom. The lowest BCUT2D eigenvalue weighted by atomic mass is 9.98. The first-order valence-corrected chi connectivity index (χ1v) is 6.22. The van der Waals surface area contributed by atoms with Crippen molar-refractivity contribution in [1.82, 2.24) is 10.4 Å². The summed E-state index contributed by atoms with van der Waals surface area (Å²) < 4.78 is 0. The lowest BCUT2D eigenvalue weighted by Crippen LogP contribution is -2.37. The monoisotopic (exact) mass is 249 g/mol. The maximum absolute atomic E-state index is 11.6. The zero-order valence-corrected chi connectivity index (χ0v) is 11.6. The Bertz CT molecular complexity index is 385. The Morgan fingerprint density at radius 3 is 2.17 bits per heavy atom. The Kier molecular flexibility index (Phi) is 5.31. The van der Waals surface area contributed by atoms with Crippen LogP contribution in [0.3, 0.4) is 0 Å². The highest BCUT2D eigenvalue weighted by Crippen LogP contribution is 2.19. The molecular formula is C14H23N3O. The van der Waals surface area contributed by atoms with Crippen LogP contribution >= 0.6 is 0 Å². The molecule has 1 rings (SSSR count). The van der Waals surface area contributed by atoms with Crippen molar-refractivity contribution in [1.29, 1.82) is 0 Å². The van der Waals surface area contributed by atoms with Gasteiger partial charge in [-0.15, -0.1) is 0 Å². The Labute approximate surface area is 109 Å². The summed E-state index contributed by atoms with van der Waals surface area (Å²) in [4.78, 5) is 11.6. The second-order valence-electron chi connectivity index (χ2n) is 5.06. The molecule has 1 unspecified atom stereocenters. The molecule has 1 aromatic carbocycles. The first kappa shape index (κ1) is 14.7. The zero-order valence-electron chi connectivity index (χ0n) is 11.6. The second kappa shape index (κ2) is 6.52. The minimum atomic E-state index is -0.258. The number of amides is 1. The minimum Gasteiger partial charge on any atom is -0.324 e. The van der Waals surface area contributed by atoms with E-state index >= 15 is 0 Å². The maximum Gasteiger partial charge on any atom is 0.236 e. The molecule has 0 aliphatic carbocycles. The summed E-state index contributed by atoms with van der Waals surface area (Å²) in [6.07, 6.45) is 0.291. The third-order valence-electron chi connectivity index (χ3n) is 2.78. The third-order valence-corrected chi connectivity index (χ3v) is 2.78. The van der Waals surface area contributed by atoms with Crippen LogP contribution in [0.15, 0.2) is 24.3 Å². The van der Waals surface area contributed by atoms with E-state index in [4.69, 9.17) is 5.73 Å². The van der Waals surface area contributed by atoms with Crippen molar-refractivity contribution in [2.75, 3.05) is 14.1 Å². The molecule has 18 heavy (non-hydrogen) atoms. The average Bonchev–Trinajstić information content (AvgIpc) is 2.27. The van der Waals surface area contributed by atoms with Gasteiger partial charge in [-0.3, -0.25) is 10.2 Å². The van der Waals surface area contributed by atoms with Gasteiger partial charge in [-0.1, -0.05) is 38.1 Å². The van der Waals surface area contributed by atoms with Gasteiger partial charge in [-0.05, 0) is 17.0 Å². The van der Waals surface area contributed by atoms with Gasteiger partial charge in [0.2, 0.25) is 5.91 Å². The van der Waals surface area contributed by atoms with Gasteiger partial charge in [0, 0.05) is 26.6 Å². The van der Waals surface area contributed by atoms with Crippen LogP contribution in [-0.4, -0.2) is 25.0 Å². The summed E-state index contributed by atoms with van der Waals surface area (Å²) in [5.74, 6) is 0.438. The van der Waals surface area contributed by atoms with E-state index in [2.05, 4.69) is 31.4 Å². The van der Waals surface area contributed by atoms with E-state index in [0.29, 0.717) is 12.3 Å². The van der Waals surface area contributed by atoms with Gasteiger partial charge >= 0.3 is 0 Å². The summed E-state index contributed by atoms with van der Waals surface area (Å²) in [6.45, 7) is 4.30.